The fourth-order valence-electron chi connectivity index (χ4n) is 1.57. The van der Waals surface area contributed by atoms with Crippen LogP contribution >= 0.6 is 15.9 Å². The highest BCUT2D eigenvalue weighted by atomic mass is 79.9. The Morgan fingerprint density at radius 2 is 2.12 bits per heavy atom. The van der Waals surface area contributed by atoms with Gasteiger partial charge in [0.25, 0.3) is 0 Å². The molecule has 3 nitrogen and oxygen atoms in total. The van der Waals surface area contributed by atoms with Crippen LogP contribution in [-0.4, -0.2) is 32.1 Å². The monoisotopic (exact) mass is 300 g/mol. The highest BCUT2D eigenvalue weighted by molar-refractivity contribution is 9.10. The summed E-state index contributed by atoms with van der Waals surface area (Å²) in [6.07, 6.45) is 1.01. The highest BCUT2D eigenvalue weighted by Crippen LogP contribution is 2.27. The Hall–Kier alpha value is -0.580. The van der Waals surface area contributed by atoms with Crippen LogP contribution in [0.2, 0.25) is 0 Å². The van der Waals surface area contributed by atoms with Crippen molar-refractivity contribution in [2.45, 2.75) is 19.4 Å². The summed E-state index contributed by atoms with van der Waals surface area (Å²) in [7, 11) is 4.12. The summed E-state index contributed by atoms with van der Waals surface area (Å²) in [4.78, 5) is 2.15. The first-order valence-electron chi connectivity index (χ1n) is 5.83. The van der Waals surface area contributed by atoms with Gasteiger partial charge in [0.2, 0.25) is 0 Å². The zero-order valence-electron chi connectivity index (χ0n) is 10.7. The third-order valence-corrected chi connectivity index (χ3v) is 2.97. The molecule has 0 aliphatic carbocycles. The molecule has 0 unspecified atom stereocenters. The Labute approximate surface area is 112 Å². The average Bonchev–Trinajstić information content (AvgIpc) is 2.23. The minimum atomic E-state index is -0.00745. The largest absolute Gasteiger partial charge is 0.493 e. The molecule has 2 N–H and O–H groups in total. The molecule has 0 fully saturated rings. The van der Waals surface area contributed by atoms with Crippen LogP contribution in [0.25, 0.3) is 0 Å². The molecule has 0 aromatic heterocycles. The van der Waals surface area contributed by atoms with E-state index in [9.17, 15) is 0 Å². The minimum Gasteiger partial charge on any atom is -0.493 e. The van der Waals surface area contributed by atoms with Gasteiger partial charge in [-0.25, -0.2) is 0 Å². The summed E-state index contributed by atoms with van der Waals surface area (Å²) in [5, 5.41) is 0. The predicted molar refractivity (Wildman–Crippen MR) is 75.4 cm³/mol. The normalized spacial score (nSPS) is 12.8. The van der Waals surface area contributed by atoms with Gasteiger partial charge in [-0.2, -0.15) is 0 Å². The average molecular weight is 301 g/mol. The lowest BCUT2D eigenvalue weighted by molar-refractivity contribution is 0.278. The Morgan fingerprint density at radius 3 is 2.71 bits per heavy atom. The third kappa shape index (κ3) is 5.06. The summed E-state index contributed by atoms with van der Waals surface area (Å²) in [6, 6.07) is 5.97. The molecular formula is C13H21BrN2O. The van der Waals surface area contributed by atoms with Crippen molar-refractivity contribution in [1.82, 2.24) is 4.90 Å². The van der Waals surface area contributed by atoms with Crippen molar-refractivity contribution in [2.75, 3.05) is 27.2 Å². The highest BCUT2D eigenvalue weighted by Gasteiger charge is 2.08. The van der Waals surface area contributed by atoms with Gasteiger partial charge in [0.1, 0.15) is 5.75 Å². The predicted octanol–water partition coefficient (Wildman–Crippen LogP) is 2.80. The second-order valence-electron chi connectivity index (χ2n) is 4.48. The van der Waals surface area contributed by atoms with Gasteiger partial charge >= 0.3 is 0 Å². The van der Waals surface area contributed by atoms with Gasteiger partial charge in [0.05, 0.1) is 6.61 Å². The maximum atomic E-state index is 5.91. The van der Waals surface area contributed by atoms with E-state index >= 15 is 0 Å². The molecule has 0 saturated heterocycles. The number of rotatable bonds is 6. The quantitative estimate of drug-likeness (QED) is 0.821. The molecule has 0 bridgehead atoms. The molecule has 1 aromatic rings. The van der Waals surface area contributed by atoms with Crippen molar-refractivity contribution < 1.29 is 4.74 Å². The maximum absolute atomic E-state index is 5.91. The number of ether oxygens (including phenoxy) is 1. The summed E-state index contributed by atoms with van der Waals surface area (Å²) in [5.41, 5.74) is 6.97. The van der Waals surface area contributed by atoms with Crippen LogP contribution in [0, 0.1) is 0 Å². The van der Waals surface area contributed by atoms with Crippen LogP contribution in [0.4, 0.5) is 0 Å². The van der Waals surface area contributed by atoms with Crippen molar-refractivity contribution in [3.8, 4) is 5.75 Å². The van der Waals surface area contributed by atoms with E-state index < -0.39 is 0 Å². The second-order valence-corrected chi connectivity index (χ2v) is 5.39. The molecule has 0 radical (unpaired) electrons. The first kappa shape index (κ1) is 14.5. The fourth-order valence-corrected chi connectivity index (χ4v) is 1.91. The van der Waals surface area contributed by atoms with Gasteiger partial charge in [0.15, 0.2) is 0 Å². The molecule has 0 aliphatic rings. The molecule has 1 rings (SSSR count). The van der Waals surface area contributed by atoms with E-state index in [0.717, 1.165) is 28.8 Å². The summed E-state index contributed by atoms with van der Waals surface area (Å²) in [5.74, 6) is 0.883. The van der Waals surface area contributed by atoms with Crippen LogP contribution in [0.5, 0.6) is 5.75 Å². The number of halogens is 1. The van der Waals surface area contributed by atoms with Crippen molar-refractivity contribution >= 4 is 15.9 Å². The van der Waals surface area contributed by atoms with E-state index in [-0.39, 0.29) is 6.04 Å². The molecule has 0 spiro atoms. The zero-order chi connectivity index (χ0) is 12.8. The topological polar surface area (TPSA) is 38.5 Å². The Morgan fingerprint density at radius 1 is 1.41 bits per heavy atom. The molecular weight excluding hydrogens is 280 g/mol. The van der Waals surface area contributed by atoms with E-state index in [2.05, 4.69) is 34.9 Å². The SMILES string of the molecule is C[C@@H](N)c1ccc(Br)cc1OCCCN(C)C. The van der Waals surface area contributed by atoms with Crippen LogP contribution in [0.15, 0.2) is 22.7 Å². The van der Waals surface area contributed by atoms with Gasteiger partial charge in [-0.1, -0.05) is 22.0 Å². The Bertz CT molecular complexity index is 353. The Balaban J connectivity index is 2.59. The van der Waals surface area contributed by atoms with Crippen LogP contribution in [0.1, 0.15) is 24.9 Å². The maximum Gasteiger partial charge on any atom is 0.125 e. The molecule has 0 amide bonds. The lowest BCUT2D eigenvalue weighted by Gasteiger charge is -2.15. The zero-order valence-corrected chi connectivity index (χ0v) is 12.3. The molecule has 96 valence electrons. The molecule has 4 heteroatoms. The summed E-state index contributed by atoms with van der Waals surface area (Å²) in [6.45, 7) is 3.71. The molecule has 1 aromatic carbocycles. The number of nitrogens with zero attached hydrogens (tertiary/aromatic N) is 1. The number of hydrogen-bond donors (Lipinski definition) is 1. The molecule has 0 saturated carbocycles. The van der Waals surface area contributed by atoms with Crippen molar-refractivity contribution in [1.29, 1.82) is 0 Å². The minimum absolute atomic E-state index is 0.00745. The molecule has 1 atom stereocenters. The van der Waals surface area contributed by atoms with Crippen molar-refractivity contribution in [3.05, 3.63) is 28.2 Å². The third-order valence-electron chi connectivity index (χ3n) is 2.47. The van der Waals surface area contributed by atoms with Crippen LogP contribution in [-0.2, 0) is 0 Å². The number of nitrogens with two attached hydrogens (primary N) is 1. The van der Waals surface area contributed by atoms with Crippen molar-refractivity contribution in [2.24, 2.45) is 5.73 Å². The van der Waals surface area contributed by atoms with Gasteiger partial charge in [-0.3, -0.25) is 0 Å². The Kier molecular flexibility index (Phi) is 5.95. The van der Waals surface area contributed by atoms with E-state index in [1.165, 1.54) is 0 Å². The van der Waals surface area contributed by atoms with E-state index in [1.54, 1.807) is 0 Å². The van der Waals surface area contributed by atoms with Crippen LogP contribution < -0.4 is 10.5 Å². The van der Waals surface area contributed by atoms with E-state index in [4.69, 9.17) is 10.5 Å². The first-order chi connectivity index (χ1) is 8.00. The number of benzene rings is 1. The summed E-state index contributed by atoms with van der Waals surface area (Å²) < 4.78 is 6.81. The standard InChI is InChI=1S/C13H21BrN2O/c1-10(15)12-6-5-11(14)9-13(12)17-8-4-7-16(2)3/h5-6,9-10H,4,7-8,15H2,1-3H3/t10-/m1/s1. The van der Waals surface area contributed by atoms with Gasteiger partial charge < -0.3 is 15.4 Å². The van der Waals surface area contributed by atoms with E-state index in [0.29, 0.717) is 6.61 Å². The van der Waals surface area contributed by atoms with Gasteiger partial charge in [-0.05, 0) is 39.6 Å². The number of hydrogen-bond acceptors (Lipinski definition) is 3. The fraction of sp³-hybridized carbons (Fsp3) is 0.538. The van der Waals surface area contributed by atoms with E-state index in [1.807, 2.05) is 25.1 Å². The molecule has 0 heterocycles. The van der Waals surface area contributed by atoms with Crippen LogP contribution in [0.3, 0.4) is 0 Å². The summed E-state index contributed by atoms with van der Waals surface area (Å²) >= 11 is 3.45. The van der Waals surface area contributed by atoms with Crippen molar-refractivity contribution in [3.63, 3.8) is 0 Å². The second kappa shape index (κ2) is 6.99. The molecule has 17 heavy (non-hydrogen) atoms. The lowest BCUT2D eigenvalue weighted by Crippen LogP contribution is -2.16. The lowest BCUT2D eigenvalue weighted by atomic mass is 10.1. The van der Waals surface area contributed by atoms with Gasteiger partial charge in [-0.15, -0.1) is 0 Å². The molecule has 0 aliphatic heterocycles. The van der Waals surface area contributed by atoms with Gasteiger partial charge in [0, 0.05) is 22.6 Å². The smallest absolute Gasteiger partial charge is 0.125 e. The first-order valence-corrected chi connectivity index (χ1v) is 6.62.